The zero-order valence-electron chi connectivity index (χ0n) is 19.0. The molecule has 0 atom stereocenters. The van der Waals surface area contributed by atoms with Gasteiger partial charge < -0.3 is 9.64 Å². The SMILES string of the molecule is CN(C)C(=O)COc1cccc(C(=O)C=Cc2cn(-c3ccccc3)nc2-c2ccncc2)c1. The van der Waals surface area contributed by atoms with E-state index in [-0.39, 0.29) is 18.3 Å². The fourth-order valence-corrected chi connectivity index (χ4v) is 3.23. The first kappa shape index (κ1) is 22.7. The Labute approximate surface area is 197 Å². The van der Waals surface area contributed by atoms with E-state index in [4.69, 9.17) is 9.84 Å². The van der Waals surface area contributed by atoms with Crippen LogP contribution in [-0.4, -0.2) is 52.1 Å². The lowest BCUT2D eigenvalue weighted by Gasteiger charge is -2.11. The maximum absolute atomic E-state index is 12.9. The predicted octanol–water partition coefficient (Wildman–Crippen LogP) is 4.30. The molecule has 0 saturated heterocycles. The molecule has 0 fully saturated rings. The van der Waals surface area contributed by atoms with Crippen molar-refractivity contribution in [1.82, 2.24) is 19.7 Å². The molecule has 1 amide bonds. The average molecular weight is 453 g/mol. The van der Waals surface area contributed by atoms with Crippen LogP contribution in [0.25, 0.3) is 23.0 Å². The van der Waals surface area contributed by atoms with Gasteiger partial charge in [-0.05, 0) is 48.6 Å². The van der Waals surface area contributed by atoms with Gasteiger partial charge in [-0.1, -0.05) is 30.3 Å². The van der Waals surface area contributed by atoms with Gasteiger partial charge in [0.15, 0.2) is 12.4 Å². The van der Waals surface area contributed by atoms with Gasteiger partial charge in [0.05, 0.1) is 5.69 Å². The number of amides is 1. The van der Waals surface area contributed by atoms with Gasteiger partial charge in [-0.15, -0.1) is 0 Å². The minimum atomic E-state index is -0.183. The summed E-state index contributed by atoms with van der Waals surface area (Å²) < 4.78 is 7.31. The third-order valence-corrected chi connectivity index (χ3v) is 5.11. The molecular weight excluding hydrogens is 428 g/mol. The normalized spacial score (nSPS) is 10.9. The van der Waals surface area contributed by atoms with Crippen LogP contribution >= 0.6 is 0 Å². The van der Waals surface area contributed by atoms with E-state index in [1.54, 1.807) is 61.5 Å². The van der Waals surface area contributed by atoms with Crippen molar-refractivity contribution in [1.29, 1.82) is 0 Å². The van der Waals surface area contributed by atoms with Crippen molar-refractivity contribution < 1.29 is 14.3 Å². The first-order chi connectivity index (χ1) is 16.5. The smallest absolute Gasteiger partial charge is 0.259 e. The Kier molecular flexibility index (Phi) is 6.93. The lowest BCUT2D eigenvalue weighted by Crippen LogP contribution is -2.27. The summed E-state index contributed by atoms with van der Waals surface area (Å²) in [7, 11) is 3.33. The molecule has 0 spiro atoms. The quantitative estimate of drug-likeness (QED) is 0.294. The highest BCUT2D eigenvalue weighted by molar-refractivity contribution is 6.07. The van der Waals surface area contributed by atoms with Crippen molar-refractivity contribution in [3.05, 3.63) is 103 Å². The Hall–Kier alpha value is -4.52. The fourth-order valence-electron chi connectivity index (χ4n) is 3.23. The molecule has 2 aromatic carbocycles. The van der Waals surface area contributed by atoms with Gasteiger partial charge in [-0.3, -0.25) is 14.6 Å². The number of allylic oxidation sites excluding steroid dienone is 1. The van der Waals surface area contributed by atoms with E-state index in [1.165, 1.54) is 11.0 Å². The zero-order valence-corrected chi connectivity index (χ0v) is 19.0. The molecule has 0 radical (unpaired) electrons. The first-order valence-corrected chi connectivity index (χ1v) is 10.7. The van der Waals surface area contributed by atoms with Crippen molar-refractivity contribution in [2.24, 2.45) is 0 Å². The molecular formula is C27H24N4O3. The molecule has 0 aliphatic heterocycles. The number of pyridine rings is 1. The van der Waals surface area contributed by atoms with Crippen LogP contribution in [0.2, 0.25) is 0 Å². The first-order valence-electron chi connectivity index (χ1n) is 10.7. The molecule has 34 heavy (non-hydrogen) atoms. The van der Waals surface area contributed by atoms with Crippen molar-refractivity contribution in [3.63, 3.8) is 0 Å². The molecule has 2 heterocycles. The summed E-state index contributed by atoms with van der Waals surface area (Å²) in [4.78, 5) is 30.2. The molecule has 4 aromatic rings. The zero-order chi connectivity index (χ0) is 23.9. The maximum atomic E-state index is 12.9. The van der Waals surface area contributed by atoms with Crippen molar-refractivity contribution in [2.45, 2.75) is 0 Å². The second kappa shape index (κ2) is 10.4. The Morgan fingerprint density at radius 1 is 1.00 bits per heavy atom. The number of hydrogen-bond donors (Lipinski definition) is 0. The molecule has 7 nitrogen and oxygen atoms in total. The van der Waals surface area contributed by atoms with E-state index in [2.05, 4.69) is 4.98 Å². The number of hydrogen-bond acceptors (Lipinski definition) is 5. The van der Waals surface area contributed by atoms with Crippen LogP contribution in [0.3, 0.4) is 0 Å². The summed E-state index contributed by atoms with van der Waals surface area (Å²) in [5.41, 5.74) is 3.83. The van der Waals surface area contributed by atoms with Gasteiger partial charge in [-0.25, -0.2) is 4.68 Å². The van der Waals surface area contributed by atoms with Crippen LogP contribution in [0, 0.1) is 0 Å². The Balaban J connectivity index is 1.58. The van der Waals surface area contributed by atoms with Crippen LogP contribution in [0.15, 0.2) is 91.4 Å². The number of ether oxygens (including phenoxy) is 1. The van der Waals surface area contributed by atoms with E-state index >= 15 is 0 Å². The number of para-hydroxylation sites is 1. The minimum Gasteiger partial charge on any atom is -0.484 e. The molecule has 0 saturated carbocycles. The number of carbonyl (C=O) groups excluding carboxylic acids is 2. The Morgan fingerprint density at radius 2 is 1.76 bits per heavy atom. The summed E-state index contributed by atoms with van der Waals surface area (Å²) in [6, 6.07) is 20.3. The highest BCUT2D eigenvalue weighted by Gasteiger charge is 2.12. The maximum Gasteiger partial charge on any atom is 0.259 e. The van der Waals surface area contributed by atoms with Crippen LogP contribution in [0.5, 0.6) is 5.75 Å². The molecule has 0 aliphatic carbocycles. The summed E-state index contributed by atoms with van der Waals surface area (Å²) in [5.74, 6) is 0.122. The van der Waals surface area contributed by atoms with Crippen molar-refractivity contribution in [3.8, 4) is 22.7 Å². The molecule has 0 aliphatic rings. The van der Waals surface area contributed by atoms with Crippen molar-refractivity contribution >= 4 is 17.8 Å². The summed E-state index contributed by atoms with van der Waals surface area (Å²) in [6.45, 7) is -0.0888. The molecule has 4 rings (SSSR count). The number of ketones is 1. The largest absolute Gasteiger partial charge is 0.484 e. The van der Waals surface area contributed by atoms with Gasteiger partial charge in [0.2, 0.25) is 0 Å². The van der Waals surface area contributed by atoms with E-state index in [0.717, 1.165) is 22.5 Å². The number of rotatable bonds is 8. The third kappa shape index (κ3) is 5.45. The molecule has 0 bridgehead atoms. The lowest BCUT2D eigenvalue weighted by atomic mass is 10.1. The van der Waals surface area contributed by atoms with Gasteiger partial charge in [0.25, 0.3) is 5.91 Å². The van der Waals surface area contributed by atoms with Crippen LogP contribution < -0.4 is 4.74 Å². The second-order valence-electron chi connectivity index (χ2n) is 7.75. The predicted molar refractivity (Wildman–Crippen MR) is 131 cm³/mol. The topological polar surface area (TPSA) is 77.3 Å². The number of aromatic nitrogens is 3. The summed E-state index contributed by atoms with van der Waals surface area (Å²) in [5, 5.41) is 4.74. The molecule has 2 aromatic heterocycles. The van der Waals surface area contributed by atoms with E-state index < -0.39 is 0 Å². The number of nitrogens with zero attached hydrogens (tertiary/aromatic N) is 4. The highest BCUT2D eigenvalue weighted by atomic mass is 16.5. The van der Waals surface area contributed by atoms with Crippen molar-refractivity contribution in [2.75, 3.05) is 20.7 Å². The van der Waals surface area contributed by atoms with E-state index in [0.29, 0.717) is 11.3 Å². The molecule has 0 N–H and O–H groups in total. The number of benzene rings is 2. The molecule has 0 unspecified atom stereocenters. The van der Waals surface area contributed by atoms with Gasteiger partial charge in [0, 0.05) is 49.4 Å². The van der Waals surface area contributed by atoms with Crippen LogP contribution in [0.4, 0.5) is 0 Å². The van der Waals surface area contributed by atoms with Crippen LogP contribution in [0.1, 0.15) is 15.9 Å². The monoisotopic (exact) mass is 452 g/mol. The van der Waals surface area contributed by atoms with Gasteiger partial charge in [0.1, 0.15) is 11.4 Å². The van der Waals surface area contributed by atoms with Crippen LogP contribution in [-0.2, 0) is 4.79 Å². The van der Waals surface area contributed by atoms with E-state index in [9.17, 15) is 9.59 Å². The second-order valence-corrected chi connectivity index (χ2v) is 7.75. The highest BCUT2D eigenvalue weighted by Crippen LogP contribution is 2.25. The Morgan fingerprint density at radius 3 is 2.50 bits per heavy atom. The van der Waals surface area contributed by atoms with E-state index in [1.807, 2.05) is 48.7 Å². The summed E-state index contributed by atoms with van der Waals surface area (Å²) in [6.07, 6.45) is 8.58. The average Bonchev–Trinajstić information content (AvgIpc) is 3.31. The van der Waals surface area contributed by atoms with Gasteiger partial charge in [-0.2, -0.15) is 5.10 Å². The van der Waals surface area contributed by atoms with Gasteiger partial charge >= 0.3 is 0 Å². The standard InChI is InChI=1S/C27H24N4O3/c1-30(2)26(33)19-34-24-10-6-7-21(17-24)25(32)12-11-22-18-31(23-8-4-3-5-9-23)29-27(22)20-13-15-28-16-14-20/h3-18H,19H2,1-2H3. The fraction of sp³-hybridized carbons (Fsp3) is 0.111. The molecule has 170 valence electrons. The lowest BCUT2D eigenvalue weighted by molar-refractivity contribution is -0.130. The number of carbonyl (C=O) groups is 2. The third-order valence-electron chi connectivity index (χ3n) is 5.11. The summed E-state index contributed by atoms with van der Waals surface area (Å²) >= 11 is 0. The Bertz CT molecular complexity index is 1310. The molecule has 7 heteroatoms. The number of likely N-dealkylation sites (N-methyl/N-ethyl adjacent to an activating group) is 1. The minimum absolute atomic E-state index is 0.0888.